The van der Waals surface area contributed by atoms with Gasteiger partial charge in [0.1, 0.15) is 0 Å². The van der Waals surface area contributed by atoms with Crippen molar-refractivity contribution < 1.29 is 9.59 Å². The molecule has 98 valence electrons. The molecule has 2 bridgehead atoms. The average molecular weight is 330 g/mol. The van der Waals surface area contributed by atoms with Gasteiger partial charge in [-0.1, -0.05) is 34.2 Å². The van der Waals surface area contributed by atoms with Crippen LogP contribution in [0.4, 0.5) is 0 Å². The molecule has 0 aromatic rings. The molecule has 4 aliphatic carbocycles. The Morgan fingerprint density at radius 3 is 2.20 bits per heavy atom. The lowest BCUT2D eigenvalue weighted by molar-refractivity contribution is -0.142. The van der Waals surface area contributed by atoms with Crippen LogP contribution >= 0.6 is 15.9 Å². The highest BCUT2D eigenvalue weighted by Crippen LogP contribution is 2.70. The molecule has 20 heavy (non-hydrogen) atoms. The normalized spacial score (nSPS) is 50.2. The van der Waals surface area contributed by atoms with Crippen LogP contribution in [-0.4, -0.2) is 11.8 Å². The summed E-state index contributed by atoms with van der Waals surface area (Å²) in [7, 11) is 0. The van der Waals surface area contributed by atoms with E-state index in [2.05, 4.69) is 21.2 Å². The Morgan fingerprint density at radius 2 is 1.65 bits per heavy atom. The summed E-state index contributed by atoms with van der Waals surface area (Å²) in [4.78, 5) is 24.6. The van der Waals surface area contributed by atoms with Crippen molar-refractivity contribution in [3.05, 3.63) is 22.7 Å². The highest BCUT2D eigenvalue weighted by Gasteiger charge is 2.80. The molecule has 6 atom stereocenters. The van der Waals surface area contributed by atoms with E-state index in [1.165, 1.54) is 0 Å². The Kier molecular flexibility index (Phi) is 1.91. The Labute approximate surface area is 123 Å². The van der Waals surface area contributed by atoms with Gasteiger partial charge < -0.3 is 0 Å². The minimum atomic E-state index is -1.60. The van der Waals surface area contributed by atoms with Gasteiger partial charge in [-0.3, -0.25) is 14.9 Å². The number of halogens is 1. The number of hydrogen-bond acceptors (Lipinski definition) is 4. The summed E-state index contributed by atoms with van der Waals surface area (Å²) in [5, 5.41) is 21.6. The number of carbonyl (C=O) groups excluding carboxylic acids is 2. The standard InChI is InChI=1S/C14H8BrN3O2/c15-9-3-6-7-1-2-8(10(6)9)14(5-17)12(20)18-11(19)13(7,14)4-16/h1-3,6-8,10H,(H,18,19,20)/t6-,7-,8-,10-,13-,14-/m0/s1. The van der Waals surface area contributed by atoms with Crippen molar-refractivity contribution in [2.75, 3.05) is 0 Å². The summed E-state index contributed by atoms with van der Waals surface area (Å²) in [6, 6.07) is 4.06. The molecule has 5 rings (SSSR count). The van der Waals surface area contributed by atoms with Crippen LogP contribution in [0.1, 0.15) is 0 Å². The molecule has 1 saturated carbocycles. The van der Waals surface area contributed by atoms with Gasteiger partial charge in [0.25, 0.3) is 0 Å². The summed E-state index contributed by atoms with van der Waals surface area (Å²) in [6.07, 6.45) is 5.64. The molecule has 6 heteroatoms. The van der Waals surface area contributed by atoms with Crippen molar-refractivity contribution >= 4 is 27.7 Å². The maximum atomic E-state index is 12.3. The van der Waals surface area contributed by atoms with Gasteiger partial charge in [0, 0.05) is 17.8 Å². The molecule has 1 saturated heterocycles. The molecule has 0 aromatic heterocycles. The molecular formula is C14H8BrN3O2. The van der Waals surface area contributed by atoms with Gasteiger partial charge in [-0.2, -0.15) is 10.5 Å². The summed E-state index contributed by atoms with van der Waals surface area (Å²) >= 11 is 3.45. The maximum Gasteiger partial charge on any atom is 0.249 e. The van der Waals surface area contributed by atoms with E-state index in [-0.39, 0.29) is 11.8 Å². The lowest BCUT2D eigenvalue weighted by Crippen LogP contribution is -2.64. The lowest BCUT2D eigenvalue weighted by atomic mass is 9.39. The molecule has 1 N–H and O–H groups in total. The van der Waals surface area contributed by atoms with Crippen molar-refractivity contribution in [3.63, 3.8) is 0 Å². The highest BCUT2D eigenvalue weighted by atomic mass is 79.9. The van der Waals surface area contributed by atoms with E-state index < -0.39 is 34.5 Å². The Bertz CT molecular complexity index is 728. The fraction of sp³-hybridized carbons (Fsp3) is 0.429. The molecule has 1 aliphatic heterocycles. The average Bonchev–Trinajstić information content (AvgIpc) is 2.67. The minimum absolute atomic E-state index is 0.0165. The summed E-state index contributed by atoms with van der Waals surface area (Å²) in [5.74, 6) is -2.06. The van der Waals surface area contributed by atoms with Crippen LogP contribution in [-0.2, 0) is 9.59 Å². The first-order valence-corrected chi connectivity index (χ1v) is 7.08. The summed E-state index contributed by atoms with van der Waals surface area (Å²) in [6.45, 7) is 0. The van der Waals surface area contributed by atoms with E-state index in [1.54, 1.807) is 0 Å². The third-order valence-electron chi connectivity index (χ3n) is 5.33. The molecule has 5 aliphatic rings. The molecule has 1 heterocycles. The first-order chi connectivity index (χ1) is 9.54. The van der Waals surface area contributed by atoms with Gasteiger partial charge in [-0.05, 0) is 10.4 Å². The van der Waals surface area contributed by atoms with E-state index in [4.69, 9.17) is 0 Å². The van der Waals surface area contributed by atoms with Gasteiger partial charge in [0.05, 0.1) is 12.1 Å². The van der Waals surface area contributed by atoms with Crippen molar-refractivity contribution in [1.82, 2.24) is 5.32 Å². The number of amides is 2. The van der Waals surface area contributed by atoms with Crippen molar-refractivity contribution in [2.45, 2.75) is 0 Å². The van der Waals surface area contributed by atoms with Crippen LogP contribution in [0.5, 0.6) is 0 Å². The Morgan fingerprint density at radius 1 is 1.10 bits per heavy atom. The smallest absolute Gasteiger partial charge is 0.249 e. The quantitative estimate of drug-likeness (QED) is 0.530. The molecule has 5 nitrogen and oxygen atoms in total. The summed E-state index contributed by atoms with van der Waals surface area (Å²) in [5.41, 5.74) is -3.20. The van der Waals surface area contributed by atoms with Crippen LogP contribution in [0, 0.1) is 57.2 Å². The predicted molar refractivity (Wildman–Crippen MR) is 69.4 cm³/mol. The Balaban J connectivity index is 2.08. The zero-order valence-electron chi connectivity index (χ0n) is 10.1. The van der Waals surface area contributed by atoms with Gasteiger partial charge in [-0.15, -0.1) is 0 Å². The van der Waals surface area contributed by atoms with Gasteiger partial charge in [0.2, 0.25) is 11.8 Å². The van der Waals surface area contributed by atoms with Crippen molar-refractivity contribution in [3.8, 4) is 12.1 Å². The lowest BCUT2D eigenvalue weighted by Gasteiger charge is -2.59. The molecule has 0 unspecified atom stereocenters. The Hall–Kier alpha value is -1.92. The van der Waals surface area contributed by atoms with E-state index >= 15 is 0 Å². The van der Waals surface area contributed by atoms with E-state index in [0.29, 0.717) is 0 Å². The zero-order valence-corrected chi connectivity index (χ0v) is 11.7. The van der Waals surface area contributed by atoms with Crippen LogP contribution in [0.25, 0.3) is 0 Å². The van der Waals surface area contributed by atoms with Gasteiger partial charge in [-0.25, -0.2) is 0 Å². The third-order valence-corrected chi connectivity index (χ3v) is 6.12. The number of rotatable bonds is 0. The van der Waals surface area contributed by atoms with Crippen LogP contribution in [0.3, 0.4) is 0 Å². The number of hydrogen-bond donors (Lipinski definition) is 1. The van der Waals surface area contributed by atoms with E-state index in [9.17, 15) is 20.1 Å². The monoisotopic (exact) mass is 329 g/mol. The second-order valence-corrected chi connectivity index (χ2v) is 6.63. The fourth-order valence-electron chi connectivity index (χ4n) is 4.45. The first kappa shape index (κ1) is 11.9. The van der Waals surface area contributed by atoms with Crippen molar-refractivity contribution in [2.24, 2.45) is 34.5 Å². The molecule has 2 fully saturated rings. The molecule has 2 amide bonds. The number of nitrogens with zero attached hydrogens (tertiary/aromatic N) is 2. The number of carbonyl (C=O) groups is 2. The second-order valence-electron chi connectivity index (χ2n) is 5.71. The molecule has 0 aromatic carbocycles. The second kappa shape index (κ2) is 3.21. The highest BCUT2D eigenvalue weighted by molar-refractivity contribution is 9.11. The van der Waals surface area contributed by atoms with Crippen molar-refractivity contribution in [1.29, 1.82) is 10.5 Å². The number of imide groups is 1. The third kappa shape index (κ3) is 0.837. The molecule has 0 spiro atoms. The fourth-order valence-corrected chi connectivity index (χ4v) is 5.35. The van der Waals surface area contributed by atoms with Gasteiger partial charge in [0.15, 0.2) is 10.8 Å². The topological polar surface area (TPSA) is 93.8 Å². The summed E-state index contributed by atoms with van der Waals surface area (Å²) < 4.78 is 0.954. The van der Waals surface area contributed by atoms with Crippen LogP contribution < -0.4 is 5.32 Å². The predicted octanol–water partition coefficient (Wildman–Crippen LogP) is 1.00. The van der Waals surface area contributed by atoms with E-state index in [0.717, 1.165) is 4.48 Å². The number of allylic oxidation sites excluding steroid dienone is 4. The largest absolute Gasteiger partial charge is 0.293 e. The molecule has 0 radical (unpaired) electrons. The van der Waals surface area contributed by atoms with E-state index in [1.807, 2.05) is 30.4 Å². The zero-order chi connectivity index (χ0) is 14.3. The SMILES string of the molecule is N#C[C@]12C(=O)NC(=O)[C@]1(C#N)[C@H]1C=C[C@H]2[C@@H]2C=C(Br)[C@@H]21. The maximum absolute atomic E-state index is 12.3. The van der Waals surface area contributed by atoms with Crippen LogP contribution in [0.2, 0.25) is 0 Å². The van der Waals surface area contributed by atoms with Gasteiger partial charge >= 0.3 is 0 Å². The minimum Gasteiger partial charge on any atom is -0.293 e. The molecular weight excluding hydrogens is 322 g/mol. The number of nitriles is 2. The number of nitrogens with one attached hydrogen (secondary N) is 1. The first-order valence-electron chi connectivity index (χ1n) is 6.28. The van der Waals surface area contributed by atoms with Crippen LogP contribution in [0.15, 0.2) is 22.7 Å².